The third kappa shape index (κ3) is 4.45. The minimum atomic E-state index is -0.599. The summed E-state index contributed by atoms with van der Waals surface area (Å²) in [4.78, 5) is 20.9. The predicted molar refractivity (Wildman–Crippen MR) is 135 cm³/mol. The van der Waals surface area contributed by atoms with Crippen molar-refractivity contribution in [2.24, 2.45) is 0 Å². The number of halogens is 2. The summed E-state index contributed by atoms with van der Waals surface area (Å²) < 4.78 is 24.6. The van der Waals surface area contributed by atoms with Crippen LogP contribution in [0.15, 0.2) is 42.6 Å². The SMILES string of the molecule is O=C(Nc1ncc(C(CN2CC[C@@H](O)C2)c2ccc(F)cc2Cl)s1)C1(c2ccc3c(c2)OCO3)CC1. The second-order valence-corrected chi connectivity index (χ2v) is 11.1. The fraction of sp³-hybridized carbons (Fsp3) is 0.385. The summed E-state index contributed by atoms with van der Waals surface area (Å²) in [6.07, 6.45) is 3.62. The molecule has 1 unspecified atom stereocenters. The van der Waals surface area contributed by atoms with E-state index in [2.05, 4.69) is 15.2 Å². The van der Waals surface area contributed by atoms with Crippen molar-refractivity contribution in [3.05, 3.63) is 69.4 Å². The minimum Gasteiger partial charge on any atom is -0.454 e. The smallest absolute Gasteiger partial charge is 0.236 e. The number of fused-ring (bicyclic) bond motifs is 1. The number of rotatable bonds is 7. The van der Waals surface area contributed by atoms with E-state index in [9.17, 15) is 14.3 Å². The molecule has 1 saturated carbocycles. The first-order valence-corrected chi connectivity index (χ1v) is 13.1. The monoisotopic (exact) mass is 529 g/mol. The van der Waals surface area contributed by atoms with Crippen molar-refractivity contribution >= 4 is 34.0 Å². The first kappa shape index (κ1) is 23.7. The highest BCUT2D eigenvalue weighted by atomic mass is 35.5. The number of amides is 1. The molecule has 10 heteroatoms. The van der Waals surface area contributed by atoms with Crippen LogP contribution in [0.5, 0.6) is 11.5 Å². The number of likely N-dealkylation sites (tertiary alicyclic amines) is 1. The van der Waals surface area contributed by atoms with E-state index in [0.717, 1.165) is 41.8 Å². The van der Waals surface area contributed by atoms with Gasteiger partial charge in [0, 0.05) is 41.6 Å². The van der Waals surface area contributed by atoms with Crippen molar-refractivity contribution in [1.29, 1.82) is 0 Å². The van der Waals surface area contributed by atoms with Crippen LogP contribution >= 0.6 is 22.9 Å². The lowest BCUT2D eigenvalue weighted by Crippen LogP contribution is -2.28. The lowest BCUT2D eigenvalue weighted by Gasteiger charge is -2.23. The van der Waals surface area contributed by atoms with Crippen LogP contribution < -0.4 is 14.8 Å². The molecule has 1 saturated heterocycles. The van der Waals surface area contributed by atoms with Crippen LogP contribution in [0.4, 0.5) is 9.52 Å². The number of aromatic nitrogens is 1. The third-order valence-corrected chi connectivity index (χ3v) is 8.58. The highest BCUT2D eigenvalue weighted by molar-refractivity contribution is 7.15. The van der Waals surface area contributed by atoms with Crippen molar-refractivity contribution in [3.8, 4) is 11.5 Å². The van der Waals surface area contributed by atoms with Crippen molar-refractivity contribution in [2.45, 2.75) is 36.7 Å². The standard InChI is InChI=1S/C26H25ClFN3O4S/c27-20-10-16(28)2-3-18(20)19(13-31-8-5-17(32)12-31)23-11-29-25(36-23)30-24(33)26(6-7-26)15-1-4-21-22(9-15)35-14-34-21/h1-4,9-11,17,19,32H,5-8,12-14H2,(H,29,30,33)/t17-,19?/m1/s1. The van der Waals surface area contributed by atoms with Crippen LogP contribution in [0.25, 0.3) is 0 Å². The number of nitrogens with one attached hydrogen (secondary N) is 1. The van der Waals surface area contributed by atoms with Crippen LogP contribution in [0.3, 0.4) is 0 Å². The second kappa shape index (κ2) is 9.30. The zero-order valence-electron chi connectivity index (χ0n) is 19.4. The lowest BCUT2D eigenvalue weighted by atomic mass is 9.94. The molecule has 1 amide bonds. The number of nitrogens with zero attached hydrogens (tertiary/aromatic N) is 2. The van der Waals surface area contributed by atoms with Gasteiger partial charge in [0.15, 0.2) is 16.6 Å². The molecule has 3 aromatic rings. The maximum atomic E-state index is 13.7. The fourth-order valence-corrected chi connectivity index (χ4v) is 6.27. The van der Waals surface area contributed by atoms with Gasteiger partial charge in [-0.05, 0) is 54.7 Å². The number of thiazole rings is 1. The number of aliphatic hydroxyl groups excluding tert-OH is 1. The van der Waals surface area contributed by atoms with Gasteiger partial charge in [-0.3, -0.25) is 9.69 Å². The maximum Gasteiger partial charge on any atom is 0.236 e. The summed E-state index contributed by atoms with van der Waals surface area (Å²) >= 11 is 7.83. The topological polar surface area (TPSA) is 83.9 Å². The average Bonchev–Trinajstić information content (AvgIpc) is 3.15. The van der Waals surface area contributed by atoms with E-state index in [1.165, 1.54) is 23.5 Å². The zero-order valence-corrected chi connectivity index (χ0v) is 20.9. The molecule has 7 nitrogen and oxygen atoms in total. The minimum absolute atomic E-state index is 0.0960. The average molecular weight is 530 g/mol. The summed E-state index contributed by atoms with van der Waals surface area (Å²) in [5, 5.41) is 13.9. The van der Waals surface area contributed by atoms with Gasteiger partial charge >= 0.3 is 0 Å². The number of carbonyl (C=O) groups is 1. The number of hydrogen-bond acceptors (Lipinski definition) is 7. The molecule has 0 spiro atoms. The Morgan fingerprint density at radius 1 is 1.28 bits per heavy atom. The molecule has 2 fully saturated rings. The zero-order chi connectivity index (χ0) is 24.9. The Hall–Kier alpha value is -2.72. The van der Waals surface area contributed by atoms with Gasteiger partial charge in [-0.25, -0.2) is 9.37 Å². The van der Waals surface area contributed by atoms with E-state index < -0.39 is 11.2 Å². The maximum absolute atomic E-state index is 13.7. The molecule has 188 valence electrons. The Morgan fingerprint density at radius 3 is 2.86 bits per heavy atom. The Morgan fingerprint density at radius 2 is 2.11 bits per heavy atom. The normalized spacial score (nSPS) is 20.9. The van der Waals surface area contributed by atoms with Gasteiger partial charge in [0.2, 0.25) is 12.7 Å². The number of benzene rings is 2. The van der Waals surface area contributed by atoms with E-state index in [0.29, 0.717) is 34.7 Å². The van der Waals surface area contributed by atoms with Crippen molar-refractivity contribution in [3.63, 3.8) is 0 Å². The van der Waals surface area contributed by atoms with E-state index in [-0.39, 0.29) is 24.7 Å². The number of carbonyl (C=O) groups excluding carboxylic acids is 1. The largest absolute Gasteiger partial charge is 0.454 e. The van der Waals surface area contributed by atoms with E-state index in [1.54, 1.807) is 12.3 Å². The lowest BCUT2D eigenvalue weighted by molar-refractivity contribution is -0.118. The molecule has 2 aromatic carbocycles. The summed E-state index contributed by atoms with van der Waals surface area (Å²) in [7, 11) is 0. The van der Waals surface area contributed by atoms with Crippen LogP contribution in [-0.2, 0) is 10.2 Å². The third-order valence-electron chi connectivity index (χ3n) is 7.22. The predicted octanol–water partition coefficient (Wildman–Crippen LogP) is 4.53. The quantitative estimate of drug-likeness (QED) is 0.468. The van der Waals surface area contributed by atoms with Gasteiger partial charge in [0.25, 0.3) is 0 Å². The summed E-state index contributed by atoms with van der Waals surface area (Å²) in [5.41, 5.74) is 1.10. The summed E-state index contributed by atoms with van der Waals surface area (Å²) in [5.74, 6) is 0.691. The number of ether oxygens (including phenoxy) is 2. The molecular weight excluding hydrogens is 505 g/mol. The highest BCUT2D eigenvalue weighted by Gasteiger charge is 2.52. The van der Waals surface area contributed by atoms with Crippen LogP contribution in [0.1, 0.15) is 41.2 Å². The van der Waals surface area contributed by atoms with E-state index >= 15 is 0 Å². The summed E-state index contributed by atoms with van der Waals surface area (Å²) in [6.45, 7) is 2.15. The van der Waals surface area contributed by atoms with Crippen molar-refractivity contribution in [2.75, 3.05) is 31.7 Å². The van der Waals surface area contributed by atoms with Gasteiger partial charge in [0.1, 0.15) is 5.82 Å². The van der Waals surface area contributed by atoms with Gasteiger partial charge in [-0.15, -0.1) is 11.3 Å². The molecular formula is C26H25ClFN3O4S. The molecule has 1 aromatic heterocycles. The van der Waals surface area contributed by atoms with E-state index in [4.69, 9.17) is 21.1 Å². The number of aliphatic hydroxyl groups is 1. The Balaban J connectivity index is 1.23. The Bertz CT molecular complexity index is 1310. The van der Waals surface area contributed by atoms with Crippen molar-refractivity contribution in [1.82, 2.24) is 9.88 Å². The molecule has 2 atom stereocenters. The van der Waals surface area contributed by atoms with Crippen LogP contribution in [-0.4, -0.2) is 53.4 Å². The van der Waals surface area contributed by atoms with Gasteiger partial charge in [0.05, 0.1) is 11.5 Å². The van der Waals surface area contributed by atoms with Gasteiger partial charge < -0.3 is 19.9 Å². The van der Waals surface area contributed by atoms with Crippen LogP contribution in [0, 0.1) is 5.82 Å². The molecule has 0 radical (unpaired) electrons. The first-order valence-electron chi connectivity index (χ1n) is 11.9. The van der Waals surface area contributed by atoms with Gasteiger partial charge in [-0.1, -0.05) is 23.7 Å². The molecule has 0 bridgehead atoms. The fourth-order valence-electron chi connectivity index (χ4n) is 5.05. The molecule has 2 N–H and O–H groups in total. The number of anilines is 1. The molecule has 2 aliphatic heterocycles. The second-order valence-electron chi connectivity index (χ2n) is 9.59. The molecule has 1 aliphatic carbocycles. The van der Waals surface area contributed by atoms with Crippen molar-refractivity contribution < 1.29 is 23.8 Å². The number of β-amino-alcohol motifs (C(OH)–C–C–N with tert-alkyl or cyclic N) is 1. The molecule has 6 rings (SSSR count). The Kier molecular flexibility index (Phi) is 6.11. The number of hydrogen-bond donors (Lipinski definition) is 2. The first-order chi connectivity index (χ1) is 17.4. The molecule has 36 heavy (non-hydrogen) atoms. The Labute approximate surface area is 216 Å². The van der Waals surface area contributed by atoms with Crippen LogP contribution in [0.2, 0.25) is 5.02 Å². The van der Waals surface area contributed by atoms with Gasteiger partial charge in [-0.2, -0.15) is 0 Å². The van der Waals surface area contributed by atoms with E-state index in [1.807, 2.05) is 18.2 Å². The highest BCUT2D eigenvalue weighted by Crippen LogP contribution is 2.51. The summed E-state index contributed by atoms with van der Waals surface area (Å²) in [6, 6.07) is 10.1. The molecule has 3 heterocycles. The molecule has 3 aliphatic rings.